The van der Waals surface area contributed by atoms with Crippen LogP contribution in [0.4, 0.5) is 5.69 Å². The minimum Gasteiger partial charge on any atom is -0.465 e. The zero-order valence-corrected chi connectivity index (χ0v) is 8.28. The van der Waals surface area contributed by atoms with E-state index in [2.05, 4.69) is 4.74 Å². The van der Waals surface area contributed by atoms with Gasteiger partial charge >= 0.3 is 5.97 Å². The number of carbonyl (C=O) groups excluding carboxylic acids is 1. The van der Waals surface area contributed by atoms with E-state index in [4.69, 9.17) is 11.5 Å². The van der Waals surface area contributed by atoms with Gasteiger partial charge in [-0.3, -0.25) is 0 Å². The number of anilines is 1. The van der Waals surface area contributed by atoms with Crippen molar-refractivity contribution in [1.29, 1.82) is 0 Å². The molecule has 0 saturated heterocycles. The summed E-state index contributed by atoms with van der Waals surface area (Å²) in [5, 5.41) is 0. The third-order valence-electron chi connectivity index (χ3n) is 1.97. The Hall–Kier alpha value is -1.55. The summed E-state index contributed by atoms with van der Waals surface area (Å²) in [6, 6.07) is 4.81. The Labute approximate surface area is 82.8 Å². The number of hydrogen-bond donors (Lipinski definition) is 2. The molecule has 1 atom stereocenters. The van der Waals surface area contributed by atoms with Crippen molar-refractivity contribution < 1.29 is 9.53 Å². The minimum atomic E-state index is -0.412. The third kappa shape index (κ3) is 2.03. The Kier molecular flexibility index (Phi) is 3.09. The Morgan fingerprint density at radius 1 is 1.50 bits per heavy atom. The lowest BCUT2D eigenvalue weighted by atomic mass is 10.0. The van der Waals surface area contributed by atoms with Crippen molar-refractivity contribution in [1.82, 2.24) is 0 Å². The van der Waals surface area contributed by atoms with Crippen molar-refractivity contribution in [2.45, 2.75) is 13.0 Å². The topological polar surface area (TPSA) is 78.3 Å². The van der Waals surface area contributed by atoms with E-state index in [1.54, 1.807) is 25.1 Å². The van der Waals surface area contributed by atoms with Crippen LogP contribution in [0.1, 0.15) is 28.9 Å². The van der Waals surface area contributed by atoms with E-state index in [0.717, 1.165) is 5.56 Å². The summed E-state index contributed by atoms with van der Waals surface area (Å²) in [6.07, 6.45) is 0. The molecule has 0 aromatic heterocycles. The second-order valence-corrected chi connectivity index (χ2v) is 3.13. The average molecular weight is 194 g/mol. The van der Waals surface area contributed by atoms with Crippen molar-refractivity contribution >= 4 is 11.7 Å². The fraction of sp³-hybridized carbons (Fsp3) is 0.300. The van der Waals surface area contributed by atoms with E-state index in [-0.39, 0.29) is 6.04 Å². The van der Waals surface area contributed by atoms with E-state index >= 15 is 0 Å². The quantitative estimate of drug-likeness (QED) is 0.545. The summed E-state index contributed by atoms with van der Waals surface area (Å²) in [7, 11) is 1.33. The zero-order valence-electron chi connectivity index (χ0n) is 8.28. The highest BCUT2D eigenvalue weighted by atomic mass is 16.5. The molecule has 0 heterocycles. The number of methoxy groups -OCH3 is 1. The van der Waals surface area contributed by atoms with Crippen molar-refractivity contribution in [2.24, 2.45) is 5.73 Å². The molecule has 0 saturated carbocycles. The number of benzene rings is 1. The first-order valence-corrected chi connectivity index (χ1v) is 4.29. The smallest absolute Gasteiger partial charge is 0.338 e. The molecule has 4 N–H and O–H groups in total. The van der Waals surface area contributed by atoms with Crippen LogP contribution in [0.3, 0.4) is 0 Å². The first kappa shape index (κ1) is 10.5. The van der Waals surface area contributed by atoms with Crippen LogP contribution in [0.15, 0.2) is 18.2 Å². The molecule has 0 spiro atoms. The van der Waals surface area contributed by atoms with Crippen LogP contribution in [0.25, 0.3) is 0 Å². The SMILES string of the molecule is COC(=O)c1cc(N)ccc1[C@@H](C)N. The van der Waals surface area contributed by atoms with Gasteiger partial charge in [0.2, 0.25) is 0 Å². The number of esters is 1. The third-order valence-corrected chi connectivity index (χ3v) is 1.97. The zero-order chi connectivity index (χ0) is 10.7. The fourth-order valence-electron chi connectivity index (χ4n) is 1.26. The number of nitrogen functional groups attached to an aromatic ring is 1. The van der Waals surface area contributed by atoms with Gasteiger partial charge in [-0.05, 0) is 24.6 Å². The second-order valence-electron chi connectivity index (χ2n) is 3.13. The maximum absolute atomic E-state index is 11.4. The van der Waals surface area contributed by atoms with Gasteiger partial charge in [-0.15, -0.1) is 0 Å². The predicted octanol–water partition coefficient (Wildman–Crippen LogP) is 1.08. The predicted molar refractivity (Wildman–Crippen MR) is 54.8 cm³/mol. The number of rotatable bonds is 2. The molecule has 4 nitrogen and oxygen atoms in total. The van der Waals surface area contributed by atoms with Gasteiger partial charge in [0.15, 0.2) is 0 Å². The lowest BCUT2D eigenvalue weighted by molar-refractivity contribution is 0.0599. The lowest BCUT2D eigenvalue weighted by Crippen LogP contribution is -2.13. The number of hydrogen-bond acceptors (Lipinski definition) is 4. The summed E-state index contributed by atoms with van der Waals surface area (Å²) in [6.45, 7) is 1.80. The molecular weight excluding hydrogens is 180 g/mol. The molecule has 0 aliphatic heterocycles. The molecule has 0 aliphatic carbocycles. The van der Waals surface area contributed by atoms with Crippen molar-refractivity contribution in [3.8, 4) is 0 Å². The van der Waals surface area contributed by atoms with Gasteiger partial charge in [0.1, 0.15) is 0 Å². The normalized spacial score (nSPS) is 12.2. The molecule has 4 heteroatoms. The highest BCUT2D eigenvalue weighted by Gasteiger charge is 2.14. The monoisotopic (exact) mass is 194 g/mol. The molecule has 76 valence electrons. The van der Waals surface area contributed by atoms with Gasteiger partial charge in [0, 0.05) is 11.7 Å². The second kappa shape index (κ2) is 4.11. The van der Waals surface area contributed by atoms with Gasteiger partial charge in [-0.1, -0.05) is 6.07 Å². The molecule has 1 aromatic rings. The van der Waals surface area contributed by atoms with Crippen LogP contribution < -0.4 is 11.5 Å². The Morgan fingerprint density at radius 3 is 2.64 bits per heavy atom. The number of carbonyl (C=O) groups is 1. The number of ether oxygens (including phenoxy) is 1. The molecule has 0 aliphatic rings. The summed E-state index contributed by atoms with van der Waals surface area (Å²) < 4.78 is 4.63. The van der Waals surface area contributed by atoms with E-state index in [0.29, 0.717) is 11.3 Å². The largest absolute Gasteiger partial charge is 0.465 e. The van der Waals surface area contributed by atoms with Crippen LogP contribution in [-0.2, 0) is 4.74 Å². The van der Waals surface area contributed by atoms with Crippen LogP contribution in [0.2, 0.25) is 0 Å². The van der Waals surface area contributed by atoms with Crippen LogP contribution in [-0.4, -0.2) is 13.1 Å². The molecule has 0 bridgehead atoms. The summed E-state index contributed by atoms with van der Waals surface area (Å²) in [4.78, 5) is 11.4. The van der Waals surface area contributed by atoms with Gasteiger partial charge in [0.05, 0.1) is 12.7 Å². The fourth-order valence-corrected chi connectivity index (χ4v) is 1.26. The number of nitrogens with two attached hydrogens (primary N) is 2. The first-order chi connectivity index (χ1) is 6.56. The molecule has 0 amide bonds. The van der Waals surface area contributed by atoms with Crippen LogP contribution >= 0.6 is 0 Å². The highest BCUT2D eigenvalue weighted by Crippen LogP contribution is 2.19. The van der Waals surface area contributed by atoms with E-state index in [9.17, 15) is 4.79 Å². The van der Waals surface area contributed by atoms with Gasteiger partial charge in [-0.25, -0.2) is 4.79 Å². The minimum absolute atomic E-state index is 0.218. The molecule has 1 aromatic carbocycles. The maximum Gasteiger partial charge on any atom is 0.338 e. The summed E-state index contributed by atoms with van der Waals surface area (Å²) >= 11 is 0. The van der Waals surface area contributed by atoms with Crippen LogP contribution in [0.5, 0.6) is 0 Å². The summed E-state index contributed by atoms with van der Waals surface area (Å²) in [5.41, 5.74) is 13.0. The van der Waals surface area contributed by atoms with Gasteiger partial charge in [-0.2, -0.15) is 0 Å². The van der Waals surface area contributed by atoms with Gasteiger partial charge in [0.25, 0.3) is 0 Å². The molecule has 0 fully saturated rings. The molecule has 14 heavy (non-hydrogen) atoms. The highest BCUT2D eigenvalue weighted by molar-refractivity contribution is 5.92. The van der Waals surface area contributed by atoms with Crippen molar-refractivity contribution in [3.05, 3.63) is 29.3 Å². The Morgan fingerprint density at radius 2 is 2.14 bits per heavy atom. The molecule has 0 radical (unpaired) electrons. The van der Waals surface area contributed by atoms with Crippen LogP contribution in [0, 0.1) is 0 Å². The van der Waals surface area contributed by atoms with Crippen molar-refractivity contribution in [2.75, 3.05) is 12.8 Å². The van der Waals surface area contributed by atoms with E-state index in [1.807, 2.05) is 0 Å². The maximum atomic E-state index is 11.4. The van der Waals surface area contributed by atoms with Gasteiger partial charge < -0.3 is 16.2 Å². The van der Waals surface area contributed by atoms with E-state index in [1.165, 1.54) is 7.11 Å². The Bertz CT molecular complexity index is 348. The molecular formula is C10H14N2O2. The molecule has 1 rings (SSSR count). The van der Waals surface area contributed by atoms with Crippen molar-refractivity contribution in [3.63, 3.8) is 0 Å². The average Bonchev–Trinajstić information content (AvgIpc) is 2.16. The Balaban J connectivity index is 3.22. The lowest BCUT2D eigenvalue weighted by Gasteiger charge is -2.11. The summed E-state index contributed by atoms with van der Waals surface area (Å²) in [5.74, 6) is -0.412. The van der Waals surface area contributed by atoms with E-state index < -0.39 is 5.97 Å². The first-order valence-electron chi connectivity index (χ1n) is 4.29. The standard InChI is InChI=1S/C10H14N2O2/c1-6(11)8-4-3-7(12)5-9(8)10(13)14-2/h3-6H,11-12H2,1-2H3/t6-/m1/s1. The molecule has 0 unspecified atom stereocenters.